The maximum atomic E-state index is 12.6. The molecule has 1 saturated heterocycles. The summed E-state index contributed by atoms with van der Waals surface area (Å²) < 4.78 is 5.72. The fraction of sp³-hybridized carbons (Fsp3) is 0.316. The van der Waals surface area contributed by atoms with Gasteiger partial charge in [-0.25, -0.2) is 4.98 Å². The molecule has 1 aromatic heterocycles. The smallest absolute Gasteiger partial charge is 0.263 e. The van der Waals surface area contributed by atoms with E-state index in [9.17, 15) is 10.1 Å². The van der Waals surface area contributed by atoms with Gasteiger partial charge in [0, 0.05) is 32.4 Å². The van der Waals surface area contributed by atoms with E-state index in [1.54, 1.807) is 30.2 Å². The first-order valence-corrected chi connectivity index (χ1v) is 8.29. The second-order valence-corrected chi connectivity index (χ2v) is 5.87. The number of anilines is 1. The van der Waals surface area contributed by atoms with E-state index in [1.165, 1.54) is 0 Å². The van der Waals surface area contributed by atoms with Crippen molar-refractivity contribution in [3.05, 3.63) is 54.2 Å². The number of ether oxygens (including phenoxy) is 1. The van der Waals surface area contributed by atoms with E-state index in [0.29, 0.717) is 43.3 Å². The number of carbonyl (C=O) groups is 1. The molecule has 0 aliphatic carbocycles. The predicted octanol–water partition coefficient (Wildman–Crippen LogP) is 2.07. The van der Waals surface area contributed by atoms with Gasteiger partial charge in [0.25, 0.3) is 5.91 Å². The number of rotatable bonds is 4. The van der Waals surface area contributed by atoms with Gasteiger partial charge in [0.1, 0.15) is 17.6 Å². The quantitative estimate of drug-likeness (QED) is 0.855. The largest absolute Gasteiger partial charge is 0.481 e. The molecule has 2 heterocycles. The fourth-order valence-corrected chi connectivity index (χ4v) is 2.89. The van der Waals surface area contributed by atoms with Crippen LogP contribution < -0.4 is 9.64 Å². The van der Waals surface area contributed by atoms with Crippen molar-refractivity contribution >= 4 is 11.7 Å². The number of hydrogen-bond acceptors (Lipinski definition) is 5. The Morgan fingerprint density at radius 1 is 1.16 bits per heavy atom. The first-order valence-electron chi connectivity index (χ1n) is 8.29. The zero-order valence-electron chi connectivity index (χ0n) is 14.1. The van der Waals surface area contributed by atoms with Crippen LogP contribution in [-0.4, -0.2) is 48.1 Å². The second-order valence-electron chi connectivity index (χ2n) is 5.87. The Balaban J connectivity index is 1.58. The molecule has 0 bridgehead atoms. The lowest BCUT2D eigenvalue weighted by Gasteiger charge is -2.36. The number of nitrogens with zero attached hydrogens (tertiary/aromatic N) is 4. The van der Waals surface area contributed by atoms with E-state index in [1.807, 2.05) is 35.2 Å². The molecule has 1 atom stereocenters. The lowest BCUT2D eigenvalue weighted by atomic mass is 10.2. The van der Waals surface area contributed by atoms with E-state index < -0.39 is 6.10 Å². The summed E-state index contributed by atoms with van der Waals surface area (Å²) in [4.78, 5) is 20.7. The first-order chi connectivity index (χ1) is 12.2. The summed E-state index contributed by atoms with van der Waals surface area (Å²) in [6, 6.07) is 15.0. The number of hydrogen-bond donors (Lipinski definition) is 0. The van der Waals surface area contributed by atoms with Crippen LogP contribution in [0.15, 0.2) is 48.7 Å². The van der Waals surface area contributed by atoms with Crippen LogP contribution in [0.4, 0.5) is 5.82 Å². The minimum atomic E-state index is -0.529. The predicted molar refractivity (Wildman–Crippen MR) is 94.3 cm³/mol. The summed E-state index contributed by atoms with van der Waals surface area (Å²) in [5.74, 6) is 1.35. The average molecular weight is 336 g/mol. The molecule has 0 radical (unpaired) electrons. The highest BCUT2D eigenvalue weighted by molar-refractivity contribution is 5.81. The topological polar surface area (TPSA) is 69.5 Å². The number of nitriles is 1. The number of aromatic nitrogens is 1. The van der Waals surface area contributed by atoms with E-state index in [-0.39, 0.29) is 5.91 Å². The van der Waals surface area contributed by atoms with Crippen molar-refractivity contribution in [2.75, 3.05) is 31.1 Å². The molecular weight excluding hydrogens is 316 g/mol. The van der Waals surface area contributed by atoms with Crippen LogP contribution in [0.5, 0.6) is 5.75 Å². The highest BCUT2D eigenvalue weighted by Crippen LogP contribution is 2.19. The number of carbonyl (C=O) groups excluding carboxylic acids is 1. The fourth-order valence-electron chi connectivity index (χ4n) is 2.89. The molecule has 1 fully saturated rings. The lowest BCUT2D eigenvalue weighted by molar-refractivity contribution is -0.138. The Labute approximate surface area is 147 Å². The van der Waals surface area contributed by atoms with Crippen molar-refractivity contribution in [2.24, 2.45) is 0 Å². The molecule has 0 saturated carbocycles. The molecule has 1 amide bonds. The number of para-hydroxylation sites is 1. The van der Waals surface area contributed by atoms with E-state index in [2.05, 4.69) is 11.1 Å². The SMILES string of the molecule is CC(Oc1ccccc1)C(=O)N1CCN(c2ncccc2C#N)CC1. The standard InChI is InChI=1S/C19H20N4O2/c1-15(25-17-7-3-2-4-8-17)19(24)23-12-10-22(11-13-23)18-16(14-20)6-5-9-21-18/h2-9,15H,10-13H2,1H3. The second kappa shape index (κ2) is 7.67. The summed E-state index contributed by atoms with van der Waals surface area (Å²) in [5.41, 5.74) is 0.558. The van der Waals surface area contributed by atoms with Gasteiger partial charge in [-0.1, -0.05) is 18.2 Å². The third-order valence-electron chi connectivity index (χ3n) is 4.20. The van der Waals surface area contributed by atoms with Crippen molar-refractivity contribution < 1.29 is 9.53 Å². The molecule has 3 rings (SSSR count). The summed E-state index contributed by atoms with van der Waals surface area (Å²) in [6.07, 6.45) is 1.15. The monoisotopic (exact) mass is 336 g/mol. The highest BCUT2D eigenvalue weighted by Gasteiger charge is 2.27. The van der Waals surface area contributed by atoms with E-state index in [4.69, 9.17) is 4.74 Å². The van der Waals surface area contributed by atoms with E-state index in [0.717, 1.165) is 0 Å². The molecule has 2 aromatic rings. The van der Waals surface area contributed by atoms with Crippen molar-refractivity contribution in [1.29, 1.82) is 5.26 Å². The Kier molecular flexibility index (Phi) is 5.14. The van der Waals surface area contributed by atoms with Gasteiger partial charge in [-0.2, -0.15) is 5.26 Å². The van der Waals surface area contributed by atoms with Crippen molar-refractivity contribution in [3.8, 4) is 11.8 Å². The van der Waals surface area contributed by atoms with Gasteiger partial charge in [-0.3, -0.25) is 4.79 Å². The Morgan fingerprint density at radius 2 is 1.88 bits per heavy atom. The molecule has 0 N–H and O–H groups in total. The average Bonchev–Trinajstić information content (AvgIpc) is 2.68. The van der Waals surface area contributed by atoms with Gasteiger partial charge in [0.2, 0.25) is 0 Å². The summed E-state index contributed by atoms with van der Waals surface area (Å²) >= 11 is 0. The normalized spacial score (nSPS) is 15.4. The molecule has 6 nitrogen and oxygen atoms in total. The summed E-state index contributed by atoms with van der Waals surface area (Å²) in [5, 5.41) is 9.20. The zero-order chi connectivity index (χ0) is 17.6. The van der Waals surface area contributed by atoms with Crippen LogP contribution in [0.1, 0.15) is 12.5 Å². The zero-order valence-corrected chi connectivity index (χ0v) is 14.1. The van der Waals surface area contributed by atoms with Crippen molar-refractivity contribution in [1.82, 2.24) is 9.88 Å². The third kappa shape index (κ3) is 3.89. The molecule has 1 aliphatic rings. The number of pyridine rings is 1. The maximum absolute atomic E-state index is 12.6. The minimum absolute atomic E-state index is 0.0231. The van der Waals surface area contributed by atoms with Crippen LogP contribution in [0.25, 0.3) is 0 Å². The molecule has 128 valence electrons. The summed E-state index contributed by atoms with van der Waals surface area (Å²) in [7, 11) is 0. The molecule has 1 unspecified atom stereocenters. The molecule has 1 aliphatic heterocycles. The van der Waals surface area contributed by atoms with Gasteiger partial charge in [0.15, 0.2) is 6.10 Å². The van der Waals surface area contributed by atoms with Crippen LogP contribution in [0, 0.1) is 11.3 Å². The van der Waals surface area contributed by atoms with Crippen LogP contribution in [-0.2, 0) is 4.79 Å². The summed E-state index contributed by atoms with van der Waals surface area (Å²) in [6.45, 7) is 4.24. The first kappa shape index (κ1) is 16.8. The maximum Gasteiger partial charge on any atom is 0.263 e. The number of amides is 1. The van der Waals surface area contributed by atoms with Crippen molar-refractivity contribution in [3.63, 3.8) is 0 Å². The van der Waals surface area contributed by atoms with Crippen LogP contribution >= 0.6 is 0 Å². The molecule has 0 spiro atoms. The van der Waals surface area contributed by atoms with Gasteiger partial charge in [-0.05, 0) is 31.2 Å². The molecular formula is C19H20N4O2. The van der Waals surface area contributed by atoms with Gasteiger partial charge >= 0.3 is 0 Å². The van der Waals surface area contributed by atoms with Crippen molar-refractivity contribution in [2.45, 2.75) is 13.0 Å². The Hall–Kier alpha value is -3.07. The number of benzene rings is 1. The van der Waals surface area contributed by atoms with Gasteiger partial charge < -0.3 is 14.5 Å². The molecule has 6 heteroatoms. The van der Waals surface area contributed by atoms with Crippen LogP contribution in [0.3, 0.4) is 0 Å². The minimum Gasteiger partial charge on any atom is -0.481 e. The lowest BCUT2D eigenvalue weighted by Crippen LogP contribution is -2.52. The van der Waals surface area contributed by atoms with Gasteiger partial charge in [-0.15, -0.1) is 0 Å². The highest BCUT2D eigenvalue weighted by atomic mass is 16.5. The van der Waals surface area contributed by atoms with E-state index >= 15 is 0 Å². The Bertz CT molecular complexity index is 764. The Morgan fingerprint density at radius 3 is 2.56 bits per heavy atom. The van der Waals surface area contributed by atoms with Crippen LogP contribution in [0.2, 0.25) is 0 Å². The molecule has 25 heavy (non-hydrogen) atoms. The van der Waals surface area contributed by atoms with Gasteiger partial charge in [0.05, 0.1) is 5.56 Å². The number of piperazine rings is 1. The molecule has 1 aromatic carbocycles. The third-order valence-corrected chi connectivity index (χ3v) is 4.20.